The number of benzene rings is 1. The Bertz CT molecular complexity index is 485. The van der Waals surface area contributed by atoms with E-state index >= 15 is 0 Å². The third-order valence-electron chi connectivity index (χ3n) is 3.18. The molecule has 2 rings (SSSR count). The van der Waals surface area contributed by atoms with Gasteiger partial charge in [0, 0.05) is 6.54 Å². The summed E-state index contributed by atoms with van der Waals surface area (Å²) in [5.41, 5.74) is 1.95. The Labute approximate surface area is 118 Å². The number of carbonyl (C=O) groups excluding carboxylic acids is 1. The Morgan fingerprint density at radius 3 is 2.80 bits per heavy atom. The van der Waals surface area contributed by atoms with Crippen molar-refractivity contribution in [2.45, 2.75) is 19.4 Å². The third kappa shape index (κ3) is 4.35. The van der Waals surface area contributed by atoms with E-state index in [9.17, 15) is 9.18 Å². The van der Waals surface area contributed by atoms with Gasteiger partial charge in [0.05, 0.1) is 19.3 Å². The second kappa shape index (κ2) is 7.05. The number of rotatable bonds is 4. The molecule has 0 aliphatic carbocycles. The molecule has 0 aromatic heterocycles. The van der Waals surface area contributed by atoms with Crippen LogP contribution in [0.5, 0.6) is 0 Å². The molecule has 108 valence electrons. The maximum absolute atomic E-state index is 12.8. The molecule has 0 saturated carbocycles. The molecule has 20 heavy (non-hydrogen) atoms. The quantitative estimate of drug-likeness (QED) is 0.832. The number of hydrogen-bond acceptors (Lipinski definition) is 2. The van der Waals surface area contributed by atoms with Crippen LogP contribution in [0.25, 0.3) is 0 Å². The molecular formula is C15H19FN2O2. The van der Waals surface area contributed by atoms with Gasteiger partial charge >= 0.3 is 6.03 Å². The van der Waals surface area contributed by atoms with Crippen molar-refractivity contribution in [2.24, 2.45) is 0 Å². The van der Waals surface area contributed by atoms with E-state index in [2.05, 4.69) is 16.7 Å². The van der Waals surface area contributed by atoms with E-state index in [4.69, 9.17) is 4.74 Å². The molecule has 4 nitrogen and oxygen atoms in total. The molecule has 0 saturated heterocycles. The molecule has 0 fully saturated rings. The standard InChI is InChI=1S/C15H19FN2O2/c1-11(13-4-6-14(16)7-5-13)18-15(19)17-9-12-3-2-8-20-10-12/h3-7,11H,2,8-10H2,1H3,(H2,17,18,19)/t11-/m1/s1. The zero-order valence-corrected chi connectivity index (χ0v) is 11.5. The van der Waals surface area contributed by atoms with Gasteiger partial charge < -0.3 is 15.4 Å². The van der Waals surface area contributed by atoms with Crippen molar-refractivity contribution in [1.82, 2.24) is 10.6 Å². The van der Waals surface area contributed by atoms with Crippen LogP contribution in [-0.2, 0) is 4.74 Å². The fourth-order valence-corrected chi connectivity index (χ4v) is 2.01. The first-order valence-electron chi connectivity index (χ1n) is 6.70. The third-order valence-corrected chi connectivity index (χ3v) is 3.18. The van der Waals surface area contributed by atoms with Gasteiger partial charge in [0.1, 0.15) is 5.82 Å². The Hall–Kier alpha value is -1.88. The average Bonchev–Trinajstić information content (AvgIpc) is 2.47. The highest BCUT2D eigenvalue weighted by Crippen LogP contribution is 2.12. The van der Waals surface area contributed by atoms with Gasteiger partial charge in [0.15, 0.2) is 0 Å². The highest BCUT2D eigenvalue weighted by molar-refractivity contribution is 5.74. The molecule has 2 amide bonds. The van der Waals surface area contributed by atoms with Crippen LogP contribution in [0, 0.1) is 5.82 Å². The summed E-state index contributed by atoms with van der Waals surface area (Å²) in [5.74, 6) is -0.283. The first-order valence-corrected chi connectivity index (χ1v) is 6.70. The van der Waals surface area contributed by atoms with Crippen LogP contribution in [0.1, 0.15) is 24.9 Å². The van der Waals surface area contributed by atoms with Crippen molar-refractivity contribution < 1.29 is 13.9 Å². The van der Waals surface area contributed by atoms with E-state index in [-0.39, 0.29) is 17.9 Å². The molecular weight excluding hydrogens is 259 g/mol. The summed E-state index contributed by atoms with van der Waals surface area (Å²) >= 11 is 0. The largest absolute Gasteiger partial charge is 0.377 e. The summed E-state index contributed by atoms with van der Waals surface area (Å²) in [4.78, 5) is 11.8. The molecule has 1 aliphatic rings. The van der Waals surface area contributed by atoms with Crippen LogP contribution >= 0.6 is 0 Å². The van der Waals surface area contributed by atoms with Crippen LogP contribution in [0.4, 0.5) is 9.18 Å². The molecule has 1 heterocycles. The molecule has 2 N–H and O–H groups in total. The Balaban J connectivity index is 1.78. The van der Waals surface area contributed by atoms with Gasteiger partial charge in [-0.3, -0.25) is 0 Å². The number of ether oxygens (including phenoxy) is 1. The first kappa shape index (κ1) is 14.5. The summed E-state index contributed by atoms with van der Waals surface area (Å²) in [6.07, 6.45) is 2.98. The van der Waals surface area contributed by atoms with E-state index in [1.54, 1.807) is 12.1 Å². The summed E-state index contributed by atoms with van der Waals surface area (Å²) in [5, 5.41) is 5.61. The molecule has 1 aliphatic heterocycles. The van der Waals surface area contributed by atoms with Gasteiger partial charge in [-0.1, -0.05) is 18.2 Å². The van der Waals surface area contributed by atoms with Crippen LogP contribution in [0.3, 0.4) is 0 Å². The van der Waals surface area contributed by atoms with Gasteiger partial charge in [-0.25, -0.2) is 9.18 Å². The van der Waals surface area contributed by atoms with Gasteiger partial charge in [-0.15, -0.1) is 0 Å². The van der Waals surface area contributed by atoms with Crippen molar-refractivity contribution in [3.63, 3.8) is 0 Å². The highest BCUT2D eigenvalue weighted by atomic mass is 19.1. The second-order valence-corrected chi connectivity index (χ2v) is 4.80. The van der Waals surface area contributed by atoms with E-state index < -0.39 is 0 Å². The molecule has 0 unspecified atom stereocenters. The minimum atomic E-state index is -0.283. The van der Waals surface area contributed by atoms with Crippen molar-refractivity contribution in [2.75, 3.05) is 19.8 Å². The monoisotopic (exact) mass is 278 g/mol. The lowest BCUT2D eigenvalue weighted by atomic mass is 10.1. The average molecular weight is 278 g/mol. The predicted molar refractivity (Wildman–Crippen MR) is 74.9 cm³/mol. The smallest absolute Gasteiger partial charge is 0.315 e. The summed E-state index contributed by atoms with van der Waals surface area (Å²) in [6.45, 7) is 3.67. The number of halogens is 1. The van der Waals surface area contributed by atoms with E-state index in [1.807, 2.05) is 6.92 Å². The lowest BCUT2D eigenvalue weighted by Crippen LogP contribution is -2.38. The number of carbonyl (C=O) groups is 1. The van der Waals surface area contributed by atoms with Crippen molar-refractivity contribution in [1.29, 1.82) is 0 Å². The van der Waals surface area contributed by atoms with Crippen molar-refractivity contribution in [3.05, 3.63) is 47.3 Å². The van der Waals surface area contributed by atoms with Crippen LogP contribution < -0.4 is 10.6 Å². The molecule has 0 bridgehead atoms. The Morgan fingerprint density at radius 1 is 1.40 bits per heavy atom. The minimum absolute atomic E-state index is 0.174. The number of hydrogen-bond donors (Lipinski definition) is 2. The molecule has 5 heteroatoms. The predicted octanol–water partition coefficient (Wildman–Crippen LogP) is 2.53. The minimum Gasteiger partial charge on any atom is -0.377 e. The fourth-order valence-electron chi connectivity index (χ4n) is 2.01. The lowest BCUT2D eigenvalue weighted by molar-refractivity contribution is 0.149. The maximum Gasteiger partial charge on any atom is 0.315 e. The van der Waals surface area contributed by atoms with Crippen molar-refractivity contribution >= 4 is 6.03 Å². The topological polar surface area (TPSA) is 50.4 Å². The van der Waals surface area contributed by atoms with Crippen molar-refractivity contribution in [3.8, 4) is 0 Å². The number of urea groups is 1. The fraction of sp³-hybridized carbons (Fsp3) is 0.400. The van der Waals surface area contributed by atoms with E-state index in [0.29, 0.717) is 13.2 Å². The molecule has 1 atom stereocenters. The Morgan fingerprint density at radius 2 is 2.15 bits per heavy atom. The molecule has 0 spiro atoms. The van der Waals surface area contributed by atoms with Gasteiger partial charge in [-0.05, 0) is 36.6 Å². The zero-order valence-electron chi connectivity index (χ0n) is 11.5. The van der Waals surface area contributed by atoms with Crippen LogP contribution in [0.15, 0.2) is 35.9 Å². The van der Waals surface area contributed by atoms with E-state index in [1.165, 1.54) is 12.1 Å². The summed E-state index contributed by atoms with van der Waals surface area (Å²) in [7, 11) is 0. The van der Waals surface area contributed by atoms with Gasteiger partial charge in [-0.2, -0.15) is 0 Å². The lowest BCUT2D eigenvalue weighted by Gasteiger charge is -2.17. The van der Waals surface area contributed by atoms with Crippen LogP contribution in [-0.4, -0.2) is 25.8 Å². The van der Waals surface area contributed by atoms with Gasteiger partial charge in [0.2, 0.25) is 0 Å². The normalized spacial score (nSPS) is 16.2. The first-order chi connectivity index (χ1) is 9.65. The second-order valence-electron chi connectivity index (χ2n) is 4.80. The molecule has 1 aromatic rings. The van der Waals surface area contributed by atoms with Gasteiger partial charge in [0.25, 0.3) is 0 Å². The Kier molecular flexibility index (Phi) is 5.12. The molecule has 1 aromatic carbocycles. The van der Waals surface area contributed by atoms with E-state index in [0.717, 1.165) is 24.2 Å². The summed E-state index contributed by atoms with van der Waals surface area (Å²) in [6, 6.07) is 5.68. The number of nitrogens with one attached hydrogen (secondary N) is 2. The maximum atomic E-state index is 12.8. The molecule has 0 radical (unpaired) electrons. The highest BCUT2D eigenvalue weighted by Gasteiger charge is 2.10. The summed E-state index contributed by atoms with van der Waals surface area (Å²) < 4.78 is 18.1. The van der Waals surface area contributed by atoms with Crippen LogP contribution in [0.2, 0.25) is 0 Å². The zero-order chi connectivity index (χ0) is 14.4. The SMILES string of the molecule is C[C@@H](NC(=O)NCC1=CCCOC1)c1ccc(F)cc1. The number of amides is 2.